The van der Waals surface area contributed by atoms with Crippen LogP contribution in [0, 0.1) is 20.8 Å². The number of benzene rings is 1. The highest BCUT2D eigenvalue weighted by Gasteiger charge is 2.18. The fraction of sp³-hybridized carbons (Fsp3) is 0.300. The smallest absolute Gasteiger partial charge is 0.279 e. The lowest BCUT2D eigenvalue weighted by Gasteiger charge is -2.13. The molecule has 0 bridgehead atoms. The highest BCUT2D eigenvalue weighted by Crippen LogP contribution is 2.22. The number of nitrogens with one attached hydrogen (secondary N) is 2. The zero-order valence-corrected chi connectivity index (χ0v) is 15.7. The Morgan fingerprint density at radius 1 is 1.15 bits per heavy atom. The van der Waals surface area contributed by atoms with Gasteiger partial charge in [-0.3, -0.25) is 4.79 Å². The van der Waals surface area contributed by atoms with E-state index in [-0.39, 0.29) is 5.91 Å². The monoisotopic (exact) mass is 353 g/mol. The van der Waals surface area contributed by atoms with E-state index in [4.69, 9.17) is 4.42 Å². The van der Waals surface area contributed by atoms with Gasteiger partial charge in [-0.2, -0.15) is 5.10 Å². The molecule has 0 radical (unpaired) electrons. The van der Waals surface area contributed by atoms with Crippen LogP contribution in [-0.2, 0) is 11.3 Å². The number of aromatic nitrogens is 2. The van der Waals surface area contributed by atoms with Gasteiger partial charge in [-0.25, -0.2) is 4.68 Å². The summed E-state index contributed by atoms with van der Waals surface area (Å²) in [6, 6.07) is 13.8. The number of likely N-dealkylation sites (N-methyl/N-ethyl adjacent to an activating group) is 1. The zero-order valence-electron chi connectivity index (χ0n) is 15.7. The third kappa shape index (κ3) is 4.03. The Morgan fingerprint density at radius 3 is 2.54 bits per heavy atom. The number of carbonyl (C=O) groups is 1. The second kappa shape index (κ2) is 7.58. The number of hydrogen-bond acceptors (Lipinski definition) is 3. The van der Waals surface area contributed by atoms with Crippen LogP contribution in [0.5, 0.6) is 0 Å². The molecule has 6 nitrogen and oxygen atoms in total. The van der Waals surface area contributed by atoms with E-state index in [1.54, 1.807) is 0 Å². The van der Waals surface area contributed by atoms with E-state index in [2.05, 4.69) is 10.4 Å². The standard InChI is InChI=1S/C20H24N4O2/c1-14-10-11-18(26-14)12-23(4)13-19(25)21-20-15(2)22-24(16(20)3)17-8-6-5-7-9-17/h5-11H,12-13H2,1-4H3,(H,21,25)/p+1. The van der Waals surface area contributed by atoms with Gasteiger partial charge in [0.2, 0.25) is 0 Å². The fourth-order valence-electron chi connectivity index (χ4n) is 3.04. The minimum atomic E-state index is -0.0374. The third-order valence-electron chi connectivity index (χ3n) is 4.29. The zero-order chi connectivity index (χ0) is 18.7. The van der Waals surface area contributed by atoms with Gasteiger partial charge in [-0.15, -0.1) is 0 Å². The maximum absolute atomic E-state index is 12.5. The van der Waals surface area contributed by atoms with Gasteiger partial charge in [0, 0.05) is 0 Å². The molecule has 0 fully saturated rings. The summed E-state index contributed by atoms with van der Waals surface area (Å²) >= 11 is 0. The number of hydrogen-bond donors (Lipinski definition) is 2. The lowest BCUT2D eigenvalue weighted by Crippen LogP contribution is -3.08. The van der Waals surface area contributed by atoms with Crippen molar-refractivity contribution >= 4 is 11.6 Å². The summed E-state index contributed by atoms with van der Waals surface area (Å²) in [6.45, 7) is 6.81. The number of carbonyl (C=O) groups excluding carboxylic acids is 1. The quantitative estimate of drug-likeness (QED) is 0.713. The third-order valence-corrected chi connectivity index (χ3v) is 4.29. The van der Waals surface area contributed by atoms with Crippen molar-refractivity contribution in [3.05, 3.63) is 65.4 Å². The minimum absolute atomic E-state index is 0.0374. The lowest BCUT2D eigenvalue weighted by atomic mass is 10.3. The van der Waals surface area contributed by atoms with Gasteiger partial charge < -0.3 is 14.6 Å². The van der Waals surface area contributed by atoms with Crippen molar-refractivity contribution in [2.75, 3.05) is 18.9 Å². The highest BCUT2D eigenvalue weighted by molar-refractivity contribution is 5.92. The Kier molecular flexibility index (Phi) is 5.23. The molecule has 6 heteroatoms. The summed E-state index contributed by atoms with van der Waals surface area (Å²) < 4.78 is 7.43. The van der Waals surface area contributed by atoms with Gasteiger partial charge in [0.05, 0.1) is 29.8 Å². The Hall–Kier alpha value is -2.86. The number of para-hydroxylation sites is 1. The molecule has 1 amide bonds. The number of furan rings is 1. The summed E-state index contributed by atoms with van der Waals surface area (Å²) in [6.07, 6.45) is 0. The predicted molar refractivity (Wildman–Crippen MR) is 101 cm³/mol. The highest BCUT2D eigenvalue weighted by atomic mass is 16.3. The van der Waals surface area contributed by atoms with Crippen molar-refractivity contribution in [2.24, 2.45) is 0 Å². The minimum Gasteiger partial charge on any atom is -0.460 e. The average Bonchev–Trinajstić information content (AvgIpc) is 3.13. The van der Waals surface area contributed by atoms with Crippen LogP contribution in [-0.4, -0.2) is 29.3 Å². The summed E-state index contributed by atoms with van der Waals surface area (Å²) in [5.41, 5.74) is 3.48. The molecule has 0 saturated carbocycles. The molecule has 0 spiro atoms. The number of anilines is 1. The summed E-state index contributed by atoms with van der Waals surface area (Å²) in [5.74, 6) is 1.73. The van der Waals surface area contributed by atoms with E-state index >= 15 is 0 Å². The van der Waals surface area contributed by atoms with E-state index in [1.807, 2.05) is 75.0 Å². The van der Waals surface area contributed by atoms with Gasteiger partial charge in [0.15, 0.2) is 12.3 Å². The molecule has 2 heterocycles. The second-order valence-electron chi connectivity index (χ2n) is 6.66. The van der Waals surface area contributed by atoms with Crippen LogP contribution in [0.15, 0.2) is 46.9 Å². The van der Waals surface area contributed by atoms with Crippen molar-refractivity contribution in [1.82, 2.24) is 9.78 Å². The number of quaternary nitrogens is 1. The summed E-state index contributed by atoms with van der Waals surface area (Å²) in [5, 5.41) is 7.58. The molecule has 0 saturated heterocycles. The molecular formula is C20H25N4O2+. The number of amides is 1. The molecule has 0 aliphatic carbocycles. The number of aryl methyl sites for hydroxylation is 2. The lowest BCUT2D eigenvalue weighted by molar-refractivity contribution is -0.886. The normalized spacial score (nSPS) is 12.2. The van der Waals surface area contributed by atoms with Crippen molar-refractivity contribution in [2.45, 2.75) is 27.3 Å². The van der Waals surface area contributed by atoms with E-state index in [0.29, 0.717) is 13.1 Å². The van der Waals surface area contributed by atoms with Crippen molar-refractivity contribution in [3.8, 4) is 5.69 Å². The van der Waals surface area contributed by atoms with E-state index in [1.165, 1.54) is 0 Å². The molecule has 1 aromatic carbocycles. The number of rotatable bonds is 6. The van der Waals surface area contributed by atoms with Gasteiger partial charge in [-0.05, 0) is 45.0 Å². The molecule has 2 aromatic heterocycles. The van der Waals surface area contributed by atoms with Crippen LogP contribution in [0.4, 0.5) is 5.69 Å². The van der Waals surface area contributed by atoms with Gasteiger partial charge in [-0.1, -0.05) is 18.2 Å². The summed E-state index contributed by atoms with van der Waals surface area (Å²) in [7, 11) is 1.98. The average molecular weight is 353 g/mol. The maximum atomic E-state index is 12.5. The Bertz CT molecular complexity index is 896. The Morgan fingerprint density at radius 2 is 1.88 bits per heavy atom. The van der Waals surface area contributed by atoms with Crippen LogP contribution >= 0.6 is 0 Å². The van der Waals surface area contributed by atoms with Crippen LogP contribution in [0.2, 0.25) is 0 Å². The van der Waals surface area contributed by atoms with Crippen molar-refractivity contribution < 1.29 is 14.1 Å². The molecular weight excluding hydrogens is 328 g/mol. The molecule has 136 valence electrons. The first kappa shape index (κ1) is 17.9. The number of nitrogens with zero attached hydrogens (tertiary/aromatic N) is 2. The summed E-state index contributed by atoms with van der Waals surface area (Å²) in [4.78, 5) is 13.5. The predicted octanol–water partition coefficient (Wildman–Crippen LogP) is 2.04. The van der Waals surface area contributed by atoms with Crippen LogP contribution in [0.1, 0.15) is 22.9 Å². The first-order valence-corrected chi connectivity index (χ1v) is 8.72. The molecule has 1 unspecified atom stereocenters. The Balaban J connectivity index is 1.67. The molecule has 26 heavy (non-hydrogen) atoms. The molecule has 3 aromatic rings. The molecule has 3 rings (SSSR count). The van der Waals surface area contributed by atoms with Gasteiger partial charge in [0.1, 0.15) is 12.3 Å². The molecule has 1 atom stereocenters. The molecule has 0 aliphatic heterocycles. The molecule has 0 aliphatic rings. The second-order valence-corrected chi connectivity index (χ2v) is 6.66. The van der Waals surface area contributed by atoms with Crippen molar-refractivity contribution in [3.63, 3.8) is 0 Å². The van der Waals surface area contributed by atoms with Gasteiger partial charge in [0.25, 0.3) is 5.91 Å². The fourth-order valence-corrected chi connectivity index (χ4v) is 3.04. The maximum Gasteiger partial charge on any atom is 0.279 e. The largest absolute Gasteiger partial charge is 0.460 e. The van der Waals surface area contributed by atoms with Crippen LogP contribution in [0.25, 0.3) is 5.69 Å². The van der Waals surface area contributed by atoms with Crippen LogP contribution in [0.3, 0.4) is 0 Å². The van der Waals surface area contributed by atoms with E-state index < -0.39 is 0 Å². The van der Waals surface area contributed by atoms with E-state index in [0.717, 1.165) is 39.2 Å². The molecule has 2 N–H and O–H groups in total. The first-order chi connectivity index (χ1) is 12.4. The first-order valence-electron chi connectivity index (χ1n) is 8.72. The SMILES string of the molecule is Cc1ccc(C[NH+](C)CC(=O)Nc2c(C)nn(-c3ccccc3)c2C)o1. The van der Waals surface area contributed by atoms with Crippen molar-refractivity contribution in [1.29, 1.82) is 0 Å². The van der Waals surface area contributed by atoms with E-state index in [9.17, 15) is 4.79 Å². The topological polar surface area (TPSA) is 64.5 Å². The Labute approximate surface area is 153 Å². The van der Waals surface area contributed by atoms with Crippen LogP contribution < -0.4 is 10.2 Å². The van der Waals surface area contributed by atoms with Gasteiger partial charge >= 0.3 is 0 Å².